The lowest BCUT2D eigenvalue weighted by molar-refractivity contribution is -0.112. The number of methoxy groups -OCH3 is 1. The molecular weight excluding hydrogens is 346 g/mol. The molecule has 0 radical (unpaired) electrons. The van der Waals surface area contributed by atoms with Gasteiger partial charge >= 0.3 is 5.97 Å². The third kappa shape index (κ3) is 4.30. The van der Waals surface area contributed by atoms with Gasteiger partial charge in [-0.25, -0.2) is 4.79 Å². The Hall–Kier alpha value is -2.40. The number of nitrogens with one attached hydrogen (secondary N) is 1. The van der Waals surface area contributed by atoms with E-state index in [1.165, 1.54) is 7.11 Å². The number of benzene rings is 2. The Morgan fingerprint density at radius 2 is 1.82 bits per heavy atom. The molecule has 1 amide bonds. The van der Waals surface area contributed by atoms with Crippen LogP contribution in [0.4, 0.5) is 5.69 Å². The fraction of sp³-hybridized carbons (Fsp3) is 0.0588. The minimum absolute atomic E-state index is 0.300. The van der Waals surface area contributed by atoms with E-state index in [0.717, 1.165) is 5.56 Å². The molecule has 0 aliphatic carbocycles. The smallest absolute Gasteiger partial charge is 0.337 e. The summed E-state index contributed by atoms with van der Waals surface area (Å²) in [7, 11) is 1.31. The van der Waals surface area contributed by atoms with Crippen molar-refractivity contribution in [3.63, 3.8) is 0 Å². The Morgan fingerprint density at radius 3 is 2.50 bits per heavy atom. The molecule has 2 aromatic carbocycles. The van der Waals surface area contributed by atoms with Gasteiger partial charge in [0.2, 0.25) is 0 Å². The van der Waals surface area contributed by atoms with E-state index in [1.54, 1.807) is 30.3 Å². The van der Waals surface area contributed by atoms with Crippen LogP contribution in [-0.4, -0.2) is 19.0 Å². The molecule has 2 rings (SSSR count). The molecule has 0 aliphatic heterocycles. The molecular formula is C17H14BrNO3. The molecule has 22 heavy (non-hydrogen) atoms. The summed E-state index contributed by atoms with van der Waals surface area (Å²) in [4.78, 5) is 23.6. The van der Waals surface area contributed by atoms with Crippen LogP contribution in [0.25, 0.3) is 6.08 Å². The summed E-state index contributed by atoms with van der Waals surface area (Å²) in [5, 5.41) is 2.72. The largest absolute Gasteiger partial charge is 0.465 e. The molecule has 0 aromatic heterocycles. The van der Waals surface area contributed by atoms with Gasteiger partial charge < -0.3 is 10.1 Å². The molecule has 0 aliphatic rings. The fourth-order valence-corrected chi connectivity index (χ4v) is 2.16. The van der Waals surface area contributed by atoms with Crippen molar-refractivity contribution >= 4 is 39.6 Å². The topological polar surface area (TPSA) is 55.4 Å². The summed E-state index contributed by atoms with van der Waals surface area (Å²) in [5.41, 5.74) is 1.81. The van der Waals surface area contributed by atoms with Crippen molar-refractivity contribution in [3.05, 3.63) is 70.2 Å². The van der Waals surface area contributed by atoms with Crippen molar-refractivity contribution in [3.8, 4) is 0 Å². The summed E-state index contributed by atoms with van der Waals surface area (Å²) in [5.74, 6) is -0.749. The maximum atomic E-state index is 12.1. The second-order valence-corrected chi connectivity index (χ2v) is 5.28. The molecule has 0 heterocycles. The van der Waals surface area contributed by atoms with Gasteiger partial charge in [-0.3, -0.25) is 4.79 Å². The molecule has 5 heteroatoms. The Labute approximate surface area is 136 Å². The van der Waals surface area contributed by atoms with Crippen molar-refractivity contribution in [2.24, 2.45) is 0 Å². The van der Waals surface area contributed by atoms with Crippen molar-refractivity contribution < 1.29 is 14.3 Å². The van der Waals surface area contributed by atoms with Crippen LogP contribution in [0, 0.1) is 0 Å². The first-order valence-electron chi connectivity index (χ1n) is 6.52. The lowest BCUT2D eigenvalue weighted by Gasteiger charge is -2.06. The average Bonchev–Trinajstić information content (AvgIpc) is 2.55. The minimum atomic E-state index is -0.449. The van der Waals surface area contributed by atoms with Crippen LogP contribution in [0.2, 0.25) is 0 Å². The molecule has 0 bridgehead atoms. The van der Waals surface area contributed by atoms with Crippen LogP contribution in [0.15, 0.2) is 59.1 Å². The Balaban J connectivity index is 2.12. The van der Waals surface area contributed by atoms with Gasteiger partial charge in [0.25, 0.3) is 5.91 Å². The number of hydrogen-bond donors (Lipinski definition) is 1. The van der Waals surface area contributed by atoms with Gasteiger partial charge in [0.1, 0.15) is 0 Å². The first kappa shape index (κ1) is 16.0. The van der Waals surface area contributed by atoms with Gasteiger partial charge in [-0.15, -0.1) is 0 Å². The number of rotatable bonds is 4. The standard InChI is InChI=1S/C17H14BrNO3/c1-22-17(21)13-8-5-9-14(11-13)19-16(20)15(18)10-12-6-3-2-4-7-12/h2-11H,1H3,(H,19,20)/b15-10+. The van der Waals surface area contributed by atoms with E-state index in [9.17, 15) is 9.59 Å². The fourth-order valence-electron chi connectivity index (χ4n) is 1.79. The summed E-state index contributed by atoms with van der Waals surface area (Å²) in [6, 6.07) is 16.0. The second-order valence-electron chi connectivity index (χ2n) is 4.43. The van der Waals surface area contributed by atoms with Crippen molar-refractivity contribution in [2.45, 2.75) is 0 Å². The van der Waals surface area contributed by atoms with E-state index in [1.807, 2.05) is 30.3 Å². The Kier molecular flexibility index (Phi) is 5.49. The van der Waals surface area contributed by atoms with Crippen molar-refractivity contribution in [1.82, 2.24) is 0 Å². The van der Waals surface area contributed by atoms with Gasteiger partial charge in [0, 0.05) is 5.69 Å². The predicted molar refractivity (Wildman–Crippen MR) is 89.8 cm³/mol. The summed E-state index contributed by atoms with van der Waals surface area (Å²) in [6.45, 7) is 0. The van der Waals surface area contributed by atoms with Gasteiger partial charge in [-0.05, 0) is 45.8 Å². The zero-order chi connectivity index (χ0) is 15.9. The van der Waals surface area contributed by atoms with E-state index in [-0.39, 0.29) is 5.91 Å². The average molecular weight is 360 g/mol. The number of carbonyl (C=O) groups excluding carboxylic acids is 2. The van der Waals surface area contributed by atoms with Crippen molar-refractivity contribution in [1.29, 1.82) is 0 Å². The molecule has 0 spiro atoms. The van der Waals surface area contributed by atoms with E-state index in [2.05, 4.69) is 26.0 Å². The molecule has 0 unspecified atom stereocenters. The zero-order valence-corrected chi connectivity index (χ0v) is 13.5. The lowest BCUT2D eigenvalue weighted by atomic mass is 10.2. The van der Waals surface area contributed by atoms with Crippen LogP contribution >= 0.6 is 15.9 Å². The normalized spacial score (nSPS) is 10.9. The van der Waals surface area contributed by atoms with Gasteiger partial charge in [0.15, 0.2) is 0 Å². The number of anilines is 1. The highest BCUT2D eigenvalue weighted by atomic mass is 79.9. The molecule has 2 aromatic rings. The second kappa shape index (κ2) is 7.56. The molecule has 1 N–H and O–H groups in total. The summed E-state index contributed by atoms with van der Waals surface area (Å²) < 4.78 is 5.04. The maximum absolute atomic E-state index is 12.1. The highest BCUT2D eigenvalue weighted by molar-refractivity contribution is 9.12. The van der Waals surface area contributed by atoms with E-state index >= 15 is 0 Å². The molecule has 0 fully saturated rings. The SMILES string of the molecule is COC(=O)c1cccc(NC(=O)/C(Br)=C\c2ccccc2)c1. The van der Waals surface area contributed by atoms with E-state index in [0.29, 0.717) is 15.7 Å². The van der Waals surface area contributed by atoms with Gasteiger partial charge in [-0.2, -0.15) is 0 Å². The maximum Gasteiger partial charge on any atom is 0.337 e. The van der Waals surface area contributed by atoms with E-state index < -0.39 is 5.97 Å². The number of amides is 1. The minimum Gasteiger partial charge on any atom is -0.465 e. The van der Waals surface area contributed by atoms with Crippen LogP contribution in [-0.2, 0) is 9.53 Å². The van der Waals surface area contributed by atoms with E-state index in [4.69, 9.17) is 0 Å². The van der Waals surface area contributed by atoms with Gasteiger partial charge in [-0.1, -0.05) is 36.4 Å². The quantitative estimate of drug-likeness (QED) is 0.666. The summed E-state index contributed by atoms with van der Waals surface area (Å²) >= 11 is 3.26. The highest BCUT2D eigenvalue weighted by Gasteiger charge is 2.09. The Bertz CT molecular complexity index is 711. The summed E-state index contributed by atoms with van der Waals surface area (Å²) in [6.07, 6.45) is 1.72. The number of esters is 1. The van der Waals surface area contributed by atoms with Crippen LogP contribution in [0.3, 0.4) is 0 Å². The highest BCUT2D eigenvalue weighted by Crippen LogP contribution is 2.17. The molecule has 0 atom stereocenters. The third-order valence-electron chi connectivity index (χ3n) is 2.85. The molecule has 112 valence electrons. The Morgan fingerprint density at radius 1 is 1.09 bits per heavy atom. The zero-order valence-electron chi connectivity index (χ0n) is 11.9. The van der Waals surface area contributed by atoms with Gasteiger partial charge in [0.05, 0.1) is 17.2 Å². The number of halogens is 1. The monoisotopic (exact) mass is 359 g/mol. The lowest BCUT2D eigenvalue weighted by Crippen LogP contribution is -2.12. The van der Waals surface area contributed by atoms with Crippen LogP contribution in [0.5, 0.6) is 0 Å². The van der Waals surface area contributed by atoms with Crippen LogP contribution in [0.1, 0.15) is 15.9 Å². The first-order chi connectivity index (χ1) is 10.6. The van der Waals surface area contributed by atoms with Crippen molar-refractivity contribution in [2.75, 3.05) is 12.4 Å². The molecule has 0 saturated carbocycles. The predicted octanol–water partition coefficient (Wildman–Crippen LogP) is 3.85. The molecule has 4 nitrogen and oxygen atoms in total. The number of carbonyl (C=O) groups is 2. The van der Waals surface area contributed by atoms with Crippen LogP contribution < -0.4 is 5.32 Å². The number of hydrogen-bond acceptors (Lipinski definition) is 3. The third-order valence-corrected chi connectivity index (χ3v) is 3.44. The number of ether oxygens (including phenoxy) is 1. The molecule has 0 saturated heterocycles. The first-order valence-corrected chi connectivity index (χ1v) is 7.31.